The molecule has 0 aromatic rings. The molecule has 0 aliphatic heterocycles. The molecule has 2 aliphatic rings. The van der Waals surface area contributed by atoms with Gasteiger partial charge in [0.05, 0.1) is 12.2 Å². The van der Waals surface area contributed by atoms with Crippen LogP contribution in [0.2, 0.25) is 0 Å². The molecule has 19 heavy (non-hydrogen) atoms. The third kappa shape index (κ3) is 4.59. The summed E-state index contributed by atoms with van der Waals surface area (Å²) in [6.45, 7) is 7.59. The van der Waals surface area contributed by atoms with Crippen molar-refractivity contribution in [1.29, 1.82) is 0 Å². The summed E-state index contributed by atoms with van der Waals surface area (Å²) in [5.74, 6) is 2.59. The Bertz CT molecular complexity index is 311. The summed E-state index contributed by atoms with van der Waals surface area (Å²) in [6, 6.07) is 0. The molecule has 110 valence electrons. The zero-order valence-electron chi connectivity index (χ0n) is 12.9. The van der Waals surface area contributed by atoms with Crippen LogP contribution in [0.4, 0.5) is 4.39 Å². The van der Waals surface area contributed by atoms with Crippen LogP contribution in [0, 0.1) is 17.8 Å². The topological polar surface area (TPSA) is 9.23 Å². The highest BCUT2D eigenvalue weighted by Crippen LogP contribution is 2.56. The third-order valence-electron chi connectivity index (χ3n) is 4.54. The second-order valence-electron chi connectivity index (χ2n) is 7.59. The smallest absolute Gasteiger partial charge is 0.128 e. The molecule has 0 amide bonds. The molecule has 0 spiro atoms. The highest BCUT2D eigenvalue weighted by molar-refractivity contribution is 5.03. The number of fused-ring (bicyclic) bond motifs is 1. The van der Waals surface area contributed by atoms with Crippen LogP contribution in [0.15, 0.2) is 12.2 Å². The fourth-order valence-corrected chi connectivity index (χ4v) is 3.49. The number of halogens is 1. The Morgan fingerprint density at radius 1 is 1.05 bits per heavy atom. The molecule has 0 N–H and O–H groups in total. The van der Waals surface area contributed by atoms with Crippen molar-refractivity contribution in [1.82, 2.24) is 0 Å². The Hall–Kier alpha value is -0.370. The van der Waals surface area contributed by atoms with Crippen molar-refractivity contribution in [3.05, 3.63) is 12.2 Å². The minimum absolute atomic E-state index is 0.192. The molecule has 3 atom stereocenters. The van der Waals surface area contributed by atoms with E-state index in [-0.39, 0.29) is 12.2 Å². The summed E-state index contributed by atoms with van der Waals surface area (Å²) >= 11 is 0. The van der Waals surface area contributed by atoms with Gasteiger partial charge in [0.2, 0.25) is 0 Å². The molecule has 0 aromatic heterocycles. The molecule has 0 heterocycles. The van der Waals surface area contributed by atoms with Crippen molar-refractivity contribution in [3.8, 4) is 0 Å². The quantitative estimate of drug-likeness (QED) is 0.644. The summed E-state index contributed by atoms with van der Waals surface area (Å²) in [6.07, 6.45) is 10.9. The number of alkyl halides is 1. The molecule has 2 heteroatoms. The van der Waals surface area contributed by atoms with Crippen LogP contribution >= 0.6 is 0 Å². The standard InChI is InChI=1S/C17H29FO/c1-16(2,18)12-19-17(3,4)11-15-13-9-7-5-6-8-10-14(13)15/h5-6,13-15H,7-12H2,1-4H3/b6-5+/t13-,14+,15?. The van der Waals surface area contributed by atoms with Crippen molar-refractivity contribution in [3.63, 3.8) is 0 Å². The van der Waals surface area contributed by atoms with Crippen LogP contribution in [-0.4, -0.2) is 17.9 Å². The second-order valence-corrected chi connectivity index (χ2v) is 7.59. The highest BCUT2D eigenvalue weighted by atomic mass is 19.1. The summed E-state index contributed by atoms with van der Waals surface area (Å²) in [4.78, 5) is 0. The summed E-state index contributed by atoms with van der Waals surface area (Å²) in [5.41, 5.74) is -1.42. The Morgan fingerprint density at radius 2 is 1.58 bits per heavy atom. The number of allylic oxidation sites excluding steroid dienone is 2. The second kappa shape index (κ2) is 5.55. The van der Waals surface area contributed by atoms with E-state index >= 15 is 0 Å². The van der Waals surface area contributed by atoms with Crippen LogP contribution in [0.1, 0.15) is 59.8 Å². The number of ether oxygens (including phenoxy) is 1. The predicted molar refractivity (Wildman–Crippen MR) is 77.9 cm³/mol. The monoisotopic (exact) mass is 268 g/mol. The van der Waals surface area contributed by atoms with Gasteiger partial charge in [0.25, 0.3) is 0 Å². The van der Waals surface area contributed by atoms with Gasteiger partial charge >= 0.3 is 0 Å². The molecule has 0 saturated heterocycles. The van der Waals surface area contributed by atoms with E-state index in [1.54, 1.807) is 13.8 Å². The van der Waals surface area contributed by atoms with Gasteiger partial charge in [-0.1, -0.05) is 12.2 Å². The normalized spacial score (nSPS) is 33.2. The molecule has 0 bridgehead atoms. The summed E-state index contributed by atoms with van der Waals surface area (Å²) in [7, 11) is 0. The Labute approximate surface area is 117 Å². The number of hydrogen-bond donors (Lipinski definition) is 0. The largest absolute Gasteiger partial charge is 0.372 e. The van der Waals surface area contributed by atoms with E-state index in [0.29, 0.717) is 0 Å². The molecule has 2 aliphatic carbocycles. The maximum absolute atomic E-state index is 13.5. The fourth-order valence-electron chi connectivity index (χ4n) is 3.49. The van der Waals surface area contributed by atoms with Crippen LogP contribution in [0.25, 0.3) is 0 Å². The molecular formula is C17H29FO. The van der Waals surface area contributed by atoms with E-state index in [1.165, 1.54) is 25.7 Å². The van der Waals surface area contributed by atoms with E-state index in [1.807, 2.05) is 0 Å². The van der Waals surface area contributed by atoms with Gasteiger partial charge in [-0.15, -0.1) is 0 Å². The van der Waals surface area contributed by atoms with Gasteiger partial charge in [-0.05, 0) is 77.6 Å². The van der Waals surface area contributed by atoms with Gasteiger partial charge in [-0.3, -0.25) is 0 Å². The Balaban J connectivity index is 1.81. The predicted octanol–water partition coefficient (Wildman–Crippen LogP) is 4.91. The molecule has 0 radical (unpaired) electrons. The number of hydrogen-bond acceptors (Lipinski definition) is 1. The maximum atomic E-state index is 13.5. The fraction of sp³-hybridized carbons (Fsp3) is 0.882. The molecule has 1 fully saturated rings. The lowest BCUT2D eigenvalue weighted by molar-refractivity contribution is -0.0712. The molecule has 0 aromatic carbocycles. The van der Waals surface area contributed by atoms with Crippen molar-refractivity contribution in [2.75, 3.05) is 6.61 Å². The molecule has 1 saturated carbocycles. The Morgan fingerprint density at radius 3 is 2.05 bits per heavy atom. The van der Waals surface area contributed by atoms with Gasteiger partial charge in [-0.2, -0.15) is 0 Å². The average molecular weight is 268 g/mol. The lowest BCUT2D eigenvalue weighted by atomic mass is 9.98. The van der Waals surface area contributed by atoms with Gasteiger partial charge in [0, 0.05) is 0 Å². The van der Waals surface area contributed by atoms with Crippen LogP contribution in [-0.2, 0) is 4.74 Å². The van der Waals surface area contributed by atoms with E-state index in [2.05, 4.69) is 26.0 Å². The zero-order valence-corrected chi connectivity index (χ0v) is 12.9. The van der Waals surface area contributed by atoms with Crippen molar-refractivity contribution >= 4 is 0 Å². The summed E-state index contributed by atoms with van der Waals surface area (Å²) < 4.78 is 19.4. The zero-order chi connectivity index (χ0) is 14.1. The average Bonchev–Trinajstić information content (AvgIpc) is 2.83. The lowest BCUT2D eigenvalue weighted by Gasteiger charge is -2.28. The van der Waals surface area contributed by atoms with Crippen LogP contribution in [0.5, 0.6) is 0 Å². The highest BCUT2D eigenvalue weighted by Gasteiger charge is 2.50. The lowest BCUT2D eigenvalue weighted by Crippen LogP contribution is -2.32. The molecule has 2 rings (SSSR count). The van der Waals surface area contributed by atoms with Crippen molar-refractivity contribution in [2.45, 2.75) is 71.1 Å². The Kier molecular flexibility index (Phi) is 4.39. The van der Waals surface area contributed by atoms with Crippen LogP contribution < -0.4 is 0 Å². The minimum Gasteiger partial charge on any atom is -0.372 e. The first-order chi connectivity index (χ1) is 8.79. The SMILES string of the molecule is CC(C)(F)COC(C)(C)CC1[C@H]2CC/C=C/CC[C@@H]12. The first kappa shape index (κ1) is 15.0. The van der Waals surface area contributed by atoms with Gasteiger partial charge in [-0.25, -0.2) is 4.39 Å². The van der Waals surface area contributed by atoms with Crippen molar-refractivity contribution in [2.24, 2.45) is 17.8 Å². The summed E-state index contributed by atoms with van der Waals surface area (Å²) in [5, 5.41) is 0. The minimum atomic E-state index is -1.23. The molecular weight excluding hydrogens is 239 g/mol. The number of rotatable bonds is 5. The third-order valence-corrected chi connectivity index (χ3v) is 4.54. The van der Waals surface area contributed by atoms with Gasteiger partial charge in [0.1, 0.15) is 5.67 Å². The first-order valence-electron chi connectivity index (χ1n) is 7.76. The maximum Gasteiger partial charge on any atom is 0.128 e. The van der Waals surface area contributed by atoms with Crippen molar-refractivity contribution < 1.29 is 9.13 Å². The van der Waals surface area contributed by atoms with E-state index in [0.717, 1.165) is 24.2 Å². The van der Waals surface area contributed by atoms with Gasteiger partial charge in [0.15, 0.2) is 0 Å². The van der Waals surface area contributed by atoms with E-state index < -0.39 is 5.67 Å². The van der Waals surface area contributed by atoms with E-state index in [4.69, 9.17) is 4.74 Å². The molecule has 1 nitrogen and oxygen atoms in total. The van der Waals surface area contributed by atoms with Gasteiger partial charge < -0.3 is 4.74 Å². The molecule has 1 unspecified atom stereocenters. The van der Waals surface area contributed by atoms with E-state index in [9.17, 15) is 4.39 Å². The van der Waals surface area contributed by atoms with Crippen LogP contribution in [0.3, 0.4) is 0 Å². The first-order valence-corrected chi connectivity index (χ1v) is 7.76.